The van der Waals surface area contributed by atoms with Crippen LogP contribution in [0.4, 0.5) is 5.69 Å². The molecule has 1 aromatic rings. The quantitative estimate of drug-likeness (QED) is 0.716. The number of hydrogen-bond donors (Lipinski definition) is 1. The molecule has 0 amide bonds. The normalized spacial score (nSPS) is 14.2. The number of hydrogen-bond acceptors (Lipinski definition) is 2. The Morgan fingerprint density at radius 2 is 2.33 bits per heavy atom. The van der Waals surface area contributed by atoms with E-state index in [-0.39, 0.29) is 0 Å². The third kappa shape index (κ3) is 1.08. The minimum Gasteiger partial charge on any atom is -0.491 e. The summed E-state index contributed by atoms with van der Waals surface area (Å²) < 4.78 is 6.26. The maximum absolute atomic E-state index is 5.92. The van der Waals surface area contributed by atoms with Gasteiger partial charge in [-0.25, -0.2) is 0 Å². The molecule has 2 N–H and O–H groups in total. The van der Waals surface area contributed by atoms with E-state index in [1.807, 2.05) is 0 Å². The number of ether oxygens (including phenoxy) is 1. The van der Waals surface area contributed by atoms with Gasteiger partial charge in [0.1, 0.15) is 5.75 Å². The van der Waals surface area contributed by atoms with Crippen molar-refractivity contribution in [1.29, 1.82) is 0 Å². The average Bonchev–Trinajstić information content (AvgIpc) is 2.48. The fourth-order valence-electron chi connectivity index (χ4n) is 1.33. The second kappa shape index (κ2) is 2.82. The first kappa shape index (κ1) is 8.20. The number of benzene rings is 1. The van der Waals surface area contributed by atoms with Crippen LogP contribution in [0.1, 0.15) is 5.56 Å². The van der Waals surface area contributed by atoms with Crippen LogP contribution in [0.3, 0.4) is 0 Å². The Bertz CT molecular complexity index is 340. The van der Waals surface area contributed by atoms with Crippen LogP contribution in [0.15, 0.2) is 10.5 Å². The summed E-state index contributed by atoms with van der Waals surface area (Å²) in [4.78, 5) is 0. The highest BCUT2D eigenvalue weighted by atomic mass is 79.9. The third-order valence-corrected chi connectivity index (χ3v) is 3.32. The van der Waals surface area contributed by atoms with Gasteiger partial charge in [-0.2, -0.15) is 0 Å². The molecule has 2 rings (SSSR count). The van der Waals surface area contributed by atoms with E-state index in [0.717, 1.165) is 22.2 Å². The van der Waals surface area contributed by atoms with Crippen molar-refractivity contribution < 1.29 is 4.74 Å². The maximum atomic E-state index is 5.92. The number of fused-ring (bicyclic) bond motifs is 1. The van der Waals surface area contributed by atoms with E-state index in [1.54, 1.807) is 6.07 Å². The van der Waals surface area contributed by atoms with Crippen molar-refractivity contribution in [1.82, 2.24) is 0 Å². The first-order chi connectivity index (χ1) is 5.70. The minimum atomic E-state index is 0.621. The van der Waals surface area contributed by atoms with Gasteiger partial charge in [-0.05, 0) is 22.0 Å². The highest BCUT2D eigenvalue weighted by molar-refractivity contribution is 9.10. The lowest BCUT2D eigenvalue weighted by atomic mass is 10.1. The van der Waals surface area contributed by atoms with Crippen LogP contribution in [0.5, 0.6) is 5.75 Å². The highest BCUT2D eigenvalue weighted by Crippen LogP contribution is 2.41. The lowest BCUT2D eigenvalue weighted by Gasteiger charge is -2.06. The van der Waals surface area contributed by atoms with E-state index in [2.05, 4.69) is 15.9 Å². The van der Waals surface area contributed by atoms with Crippen molar-refractivity contribution in [2.45, 2.75) is 6.42 Å². The van der Waals surface area contributed by atoms with E-state index in [1.165, 1.54) is 0 Å². The molecule has 0 saturated carbocycles. The fourth-order valence-corrected chi connectivity index (χ4v) is 2.06. The van der Waals surface area contributed by atoms with Crippen molar-refractivity contribution in [3.05, 3.63) is 21.1 Å². The molecule has 0 bridgehead atoms. The Kier molecular flexibility index (Phi) is 1.93. The van der Waals surface area contributed by atoms with Gasteiger partial charge in [0.25, 0.3) is 0 Å². The van der Waals surface area contributed by atoms with Gasteiger partial charge in [-0.3, -0.25) is 0 Å². The van der Waals surface area contributed by atoms with Gasteiger partial charge in [0.2, 0.25) is 0 Å². The summed E-state index contributed by atoms with van der Waals surface area (Å²) in [5, 5.41) is 0.650. The van der Waals surface area contributed by atoms with Gasteiger partial charge in [-0.1, -0.05) is 11.6 Å². The Hall–Kier alpha value is -0.410. The van der Waals surface area contributed by atoms with Gasteiger partial charge < -0.3 is 10.5 Å². The molecule has 1 heterocycles. The van der Waals surface area contributed by atoms with Gasteiger partial charge in [-0.15, -0.1) is 0 Å². The molecule has 1 aromatic carbocycles. The lowest BCUT2D eigenvalue weighted by Crippen LogP contribution is -1.92. The van der Waals surface area contributed by atoms with Crippen molar-refractivity contribution in [3.8, 4) is 5.75 Å². The predicted molar refractivity (Wildman–Crippen MR) is 52.8 cm³/mol. The van der Waals surface area contributed by atoms with Crippen LogP contribution in [0.2, 0.25) is 5.02 Å². The summed E-state index contributed by atoms with van der Waals surface area (Å²) in [6.45, 7) is 0.693. The molecule has 0 radical (unpaired) electrons. The summed E-state index contributed by atoms with van der Waals surface area (Å²) in [6.07, 6.45) is 0.876. The molecular formula is C8H7BrClNO. The molecule has 0 atom stereocenters. The molecule has 2 nitrogen and oxygen atoms in total. The summed E-state index contributed by atoms with van der Waals surface area (Å²) in [5.74, 6) is 0.784. The first-order valence-corrected chi connectivity index (χ1v) is 4.76. The molecular weight excluding hydrogens is 241 g/mol. The van der Waals surface area contributed by atoms with Crippen LogP contribution < -0.4 is 10.5 Å². The average molecular weight is 249 g/mol. The van der Waals surface area contributed by atoms with Crippen molar-refractivity contribution in [2.75, 3.05) is 12.3 Å². The van der Waals surface area contributed by atoms with Crippen molar-refractivity contribution >= 4 is 33.2 Å². The van der Waals surface area contributed by atoms with Crippen LogP contribution in [0, 0.1) is 0 Å². The van der Waals surface area contributed by atoms with Gasteiger partial charge in [0, 0.05) is 16.5 Å². The van der Waals surface area contributed by atoms with Crippen LogP contribution >= 0.6 is 27.5 Å². The summed E-state index contributed by atoms with van der Waals surface area (Å²) in [7, 11) is 0. The van der Waals surface area contributed by atoms with Crippen molar-refractivity contribution in [2.24, 2.45) is 0 Å². The van der Waals surface area contributed by atoms with E-state index < -0.39 is 0 Å². The van der Waals surface area contributed by atoms with E-state index in [9.17, 15) is 0 Å². The SMILES string of the molecule is Nc1cc(Cl)c(Br)c2c1OCC2. The summed E-state index contributed by atoms with van der Waals surface area (Å²) in [5.41, 5.74) is 7.42. The molecule has 4 heteroatoms. The van der Waals surface area contributed by atoms with Gasteiger partial charge in [0.05, 0.1) is 17.3 Å². The van der Waals surface area contributed by atoms with Gasteiger partial charge in [0.15, 0.2) is 0 Å². The molecule has 1 aliphatic rings. The number of anilines is 1. The molecule has 0 unspecified atom stereocenters. The topological polar surface area (TPSA) is 35.2 Å². The monoisotopic (exact) mass is 247 g/mol. The number of halogens is 2. The standard InChI is InChI=1S/C8H7BrClNO/c9-7-4-1-2-12-8(4)6(11)3-5(7)10/h3H,1-2,11H2. The second-order valence-corrected chi connectivity index (χ2v) is 3.87. The largest absolute Gasteiger partial charge is 0.491 e. The second-order valence-electron chi connectivity index (χ2n) is 2.67. The van der Waals surface area contributed by atoms with E-state index >= 15 is 0 Å². The molecule has 0 aliphatic carbocycles. The molecule has 0 aromatic heterocycles. The maximum Gasteiger partial charge on any atom is 0.146 e. The van der Waals surface area contributed by atoms with Crippen LogP contribution in [-0.4, -0.2) is 6.61 Å². The zero-order chi connectivity index (χ0) is 8.72. The predicted octanol–water partition coefficient (Wildman–Crippen LogP) is 2.62. The highest BCUT2D eigenvalue weighted by Gasteiger charge is 2.20. The molecule has 0 saturated heterocycles. The third-order valence-electron chi connectivity index (χ3n) is 1.89. The smallest absolute Gasteiger partial charge is 0.146 e. The zero-order valence-electron chi connectivity index (χ0n) is 6.23. The van der Waals surface area contributed by atoms with Crippen molar-refractivity contribution in [3.63, 3.8) is 0 Å². The molecule has 64 valence electrons. The Labute approximate surface area is 83.8 Å². The van der Waals surface area contributed by atoms with E-state index in [0.29, 0.717) is 17.3 Å². The Balaban J connectivity index is 2.69. The Morgan fingerprint density at radius 3 is 3.08 bits per heavy atom. The van der Waals surface area contributed by atoms with E-state index in [4.69, 9.17) is 22.1 Å². The number of rotatable bonds is 0. The first-order valence-electron chi connectivity index (χ1n) is 3.59. The number of nitrogen functional groups attached to an aromatic ring is 1. The Morgan fingerprint density at radius 1 is 1.58 bits per heavy atom. The summed E-state index contributed by atoms with van der Waals surface area (Å²) >= 11 is 9.31. The molecule has 0 fully saturated rings. The lowest BCUT2D eigenvalue weighted by molar-refractivity contribution is 0.358. The zero-order valence-corrected chi connectivity index (χ0v) is 8.58. The fraction of sp³-hybridized carbons (Fsp3) is 0.250. The summed E-state index contributed by atoms with van der Waals surface area (Å²) in [6, 6.07) is 1.70. The van der Waals surface area contributed by atoms with Crippen LogP contribution in [0.25, 0.3) is 0 Å². The molecule has 12 heavy (non-hydrogen) atoms. The molecule has 1 aliphatic heterocycles. The van der Waals surface area contributed by atoms with Crippen LogP contribution in [-0.2, 0) is 6.42 Å². The minimum absolute atomic E-state index is 0.621. The van der Waals surface area contributed by atoms with Gasteiger partial charge >= 0.3 is 0 Å². The number of nitrogens with two attached hydrogens (primary N) is 1. The molecule has 0 spiro atoms.